The van der Waals surface area contributed by atoms with Crippen LogP contribution in [0.1, 0.15) is 27.0 Å². The van der Waals surface area contributed by atoms with Crippen LogP contribution in [0, 0.1) is 20.8 Å². The quantitative estimate of drug-likeness (QED) is 0.466. The van der Waals surface area contributed by atoms with E-state index in [0.717, 1.165) is 33.5 Å². The van der Waals surface area contributed by atoms with Gasteiger partial charge in [0.1, 0.15) is 11.5 Å². The maximum absolute atomic E-state index is 12.7. The molecular weight excluding hydrogens is 334 g/mol. The Labute approximate surface area is 168 Å². The minimum atomic E-state index is 0. The van der Waals surface area contributed by atoms with E-state index in [0.29, 0.717) is 0 Å². The number of aryl methyl sites for hydroxylation is 3. The number of para-hydroxylation sites is 1. The minimum Gasteiger partial charge on any atom is -0.457 e. The Bertz CT molecular complexity index is 867. The maximum Gasteiger partial charge on any atom is 0.186 e. The average Bonchev–Trinajstić information content (AvgIpc) is 2.56. The minimum absolute atomic E-state index is 0. The van der Waals surface area contributed by atoms with Gasteiger partial charge in [-0.05, 0) is 70.0 Å². The van der Waals surface area contributed by atoms with Gasteiger partial charge in [-0.15, -0.1) is 0 Å². The Morgan fingerprint density at radius 3 is 1.92 bits per heavy atom. The van der Waals surface area contributed by atoms with E-state index in [1.807, 2.05) is 68.4 Å². The van der Waals surface area contributed by atoms with Gasteiger partial charge in [-0.1, -0.05) is 48.0 Å². The van der Waals surface area contributed by atoms with Crippen molar-refractivity contribution in [2.24, 2.45) is 0 Å². The van der Waals surface area contributed by atoms with E-state index in [2.05, 4.69) is 19.1 Å². The summed E-state index contributed by atoms with van der Waals surface area (Å²) in [6, 6.07) is 21.6. The van der Waals surface area contributed by atoms with E-state index in [-0.39, 0.29) is 33.0 Å². The van der Waals surface area contributed by atoms with Gasteiger partial charge in [0.25, 0.3) is 0 Å². The molecule has 0 fully saturated rings. The van der Waals surface area contributed by atoms with Crippen LogP contribution in [0.15, 0.2) is 66.7 Å². The van der Waals surface area contributed by atoms with Crippen molar-refractivity contribution in [3.63, 3.8) is 0 Å². The van der Waals surface area contributed by atoms with Gasteiger partial charge in [0.15, 0.2) is 5.52 Å². The van der Waals surface area contributed by atoms with Crippen LogP contribution in [-0.2, 0) is 0 Å². The normalized spacial score (nSPS) is 10.6. The van der Waals surface area contributed by atoms with Crippen molar-refractivity contribution in [1.82, 2.24) is 0 Å². The summed E-state index contributed by atoms with van der Waals surface area (Å²) < 4.78 is 5.79. The predicted octanol–water partition coefficient (Wildman–Crippen LogP) is 5.17. The summed E-state index contributed by atoms with van der Waals surface area (Å²) in [4.78, 5) is 12.7. The average molecular weight is 355 g/mol. The summed E-state index contributed by atoms with van der Waals surface area (Å²) in [5.41, 5.74) is 4.34. The number of hydrogen-bond acceptors (Lipinski definition) is 2. The molecule has 0 N–H and O–H groups in total. The Hall–Kier alpha value is -1.84. The van der Waals surface area contributed by atoms with Gasteiger partial charge in [-0.3, -0.25) is 4.79 Å². The summed E-state index contributed by atoms with van der Waals surface area (Å²) in [6.07, 6.45) is 0. The molecule has 1 unspecified atom stereocenters. The fraction of sp³-hybridized carbons (Fsp3) is 0.136. The van der Waals surface area contributed by atoms with Crippen LogP contribution in [0.4, 0.5) is 0 Å². The van der Waals surface area contributed by atoms with E-state index in [9.17, 15) is 4.79 Å². The molecule has 127 valence electrons. The first-order valence-corrected chi connectivity index (χ1v) is 9.25. The number of ether oxygens (including phenoxy) is 1. The fourth-order valence-electron chi connectivity index (χ4n) is 2.96. The Morgan fingerprint density at radius 2 is 1.35 bits per heavy atom. The predicted molar refractivity (Wildman–Crippen MR) is 112 cm³/mol. The Morgan fingerprint density at radius 1 is 0.808 bits per heavy atom. The summed E-state index contributed by atoms with van der Waals surface area (Å²) in [5.74, 6) is 1.58. The first-order valence-electron chi connectivity index (χ1n) is 8.25. The molecule has 0 aliphatic rings. The molecule has 3 aromatic carbocycles. The van der Waals surface area contributed by atoms with Crippen molar-refractivity contribution in [1.29, 1.82) is 0 Å². The number of carbonyl (C=O) groups is 1. The monoisotopic (exact) mass is 355 g/mol. The zero-order valence-electron chi connectivity index (χ0n) is 15.7. The van der Waals surface area contributed by atoms with Crippen molar-refractivity contribution >= 4 is 38.3 Å². The van der Waals surface area contributed by atoms with E-state index in [4.69, 9.17) is 4.74 Å². The van der Waals surface area contributed by atoms with Crippen LogP contribution in [0.3, 0.4) is 0 Å². The van der Waals surface area contributed by atoms with Crippen molar-refractivity contribution in [3.8, 4) is 11.5 Å². The molecule has 2 nitrogen and oxygen atoms in total. The maximum atomic E-state index is 12.7. The third-order valence-electron chi connectivity index (χ3n) is 4.00. The third kappa shape index (κ3) is 5.09. The van der Waals surface area contributed by atoms with Crippen molar-refractivity contribution in [2.45, 2.75) is 20.8 Å². The van der Waals surface area contributed by atoms with Gasteiger partial charge < -0.3 is 4.74 Å². The van der Waals surface area contributed by atoms with Crippen molar-refractivity contribution in [3.05, 3.63) is 89.0 Å². The fourth-order valence-corrected chi connectivity index (χ4v) is 4.08. The van der Waals surface area contributed by atoms with Crippen molar-refractivity contribution < 1.29 is 9.53 Å². The molecule has 0 saturated carbocycles. The largest absolute Gasteiger partial charge is 0.457 e. The molecular formula is C22H21LiO2P. The summed E-state index contributed by atoms with van der Waals surface area (Å²) in [6.45, 7) is 6.07. The van der Waals surface area contributed by atoms with Gasteiger partial charge in [0.05, 0.1) is 0 Å². The van der Waals surface area contributed by atoms with E-state index in [1.165, 1.54) is 5.56 Å². The molecule has 3 aromatic rings. The molecule has 0 bridgehead atoms. The first-order chi connectivity index (χ1) is 12.0. The number of carbonyl (C=O) groups excluding carboxylic acids is 1. The van der Waals surface area contributed by atoms with Crippen LogP contribution in [0.2, 0.25) is 0 Å². The Kier molecular flexibility index (Phi) is 7.24. The molecule has 0 spiro atoms. The van der Waals surface area contributed by atoms with Gasteiger partial charge in [0.2, 0.25) is 0 Å². The molecule has 3 rings (SSSR count). The summed E-state index contributed by atoms with van der Waals surface area (Å²) >= 11 is 0. The van der Waals surface area contributed by atoms with Crippen molar-refractivity contribution in [2.75, 3.05) is 0 Å². The van der Waals surface area contributed by atoms with Crippen LogP contribution in [-0.4, -0.2) is 24.4 Å². The molecule has 26 heavy (non-hydrogen) atoms. The SMILES string of the molecule is Cc1cc(C)c(C(=O)Pc2ccc(Oc3ccccc3)cc2)c(C)c1.[Li]. The van der Waals surface area contributed by atoms with E-state index >= 15 is 0 Å². The second-order valence-corrected chi connectivity index (χ2v) is 7.45. The molecule has 0 heterocycles. The molecule has 0 amide bonds. The summed E-state index contributed by atoms with van der Waals surface area (Å²) in [5, 5.41) is 1.02. The van der Waals surface area contributed by atoms with Gasteiger partial charge >= 0.3 is 0 Å². The zero-order chi connectivity index (χ0) is 17.8. The van der Waals surface area contributed by atoms with Crippen LogP contribution < -0.4 is 10.0 Å². The van der Waals surface area contributed by atoms with Crippen LogP contribution in [0.25, 0.3) is 0 Å². The standard InChI is InChI=1S/C22H21O2P.Li/c1-15-13-16(2)21(17(3)14-15)22(23)25-20-11-9-19(10-12-20)24-18-7-5-4-6-8-18;/h4-14,25H,1-3H3;. The second-order valence-electron chi connectivity index (χ2n) is 6.17. The van der Waals surface area contributed by atoms with E-state index < -0.39 is 0 Å². The molecule has 0 aliphatic carbocycles. The topological polar surface area (TPSA) is 26.3 Å². The zero-order valence-corrected chi connectivity index (χ0v) is 16.7. The van der Waals surface area contributed by atoms with Crippen LogP contribution >= 0.6 is 8.58 Å². The van der Waals surface area contributed by atoms with Gasteiger partial charge in [-0.2, -0.15) is 0 Å². The summed E-state index contributed by atoms with van der Waals surface area (Å²) in [7, 11) is 0.115. The second kappa shape index (κ2) is 9.20. The van der Waals surface area contributed by atoms with Crippen LogP contribution in [0.5, 0.6) is 11.5 Å². The number of hydrogen-bond donors (Lipinski definition) is 0. The van der Waals surface area contributed by atoms with Gasteiger partial charge in [-0.25, -0.2) is 0 Å². The Balaban J connectivity index is 0.00000243. The molecule has 0 aliphatic heterocycles. The molecule has 4 heteroatoms. The van der Waals surface area contributed by atoms with Gasteiger partial charge in [0, 0.05) is 24.4 Å². The molecule has 0 aromatic heterocycles. The first kappa shape index (κ1) is 20.5. The number of rotatable bonds is 5. The molecule has 0 saturated heterocycles. The van der Waals surface area contributed by atoms with E-state index in [1.54, 1.807) is 0 Å². The number of benzene rings is 3. The molecule has 1 atom stereocenters. The smallest absolute Gasteiger partial charge is 0.186 e. The molecule has 1 radical (unpaired) electrons. The third-order valence-corrected chi connectivity index (χ3v) is 5.09.